The summed E-state index contributed by atoms with van der Waals surface area (Å²) in [6, 6.07) is 12.1. The number of carbonyl (C=O) groups is 1. The van der Waals surface area contributed by atoms with Gasteiger partial charge in [-0.2, -0.15) is 5.26 Å². The summed E-state index contributed by atoms with van der Waals surface area (Å²) in [7, 11) is 5.92. The first-order chi connectivity index (χ1) is 22.6. The average molecular weight is 677 g/mol. The fourth-order valence-corrected chi connectivity index (χ4v) is 7.92. The van der Waals surface area contributed by atoms with Crippen molar-refractivity contribution in [3.8, 4) is 6.07 Å². The molecule has 0 bridgehead atoms. The predicted molar refractivity (Wildman–Crippen MR) is 197 cm³/mol. The highest BCUT2D eigenvalue weighted by Crippen LogP contribution is 2.44. The van der Waals surface area contributed by atoms with Gasteiger partial charge in [-0.05, 0) is 104 Å². The van der Waals surface area contributed by atoms with Crippen molar-refractivity contribution in [3.05, 3.63) is 35.9 Å². The van der Waals surface area contributed by atoms with Gasteiger partial charge in [-0.1, -0.05) is 68.9 Å². The lowest BCUT2D eigenvalue weighted by atomic mass is 9.68. The SMILES string of the molecule is CC#N.CC[N+](CC)(CC)CC.COCCCCC(O)(c1ccccc1)C1CCCC(C(=O)N[C@@H](CC2CCCCC2)CN(C)C)C1.[F-]. The Morgan fingerprint density at radius 1 is 1.00 bits per heavy atom. The maximum absolute atomic E-state index is 13.5. The first-order valence-corrected chi connectivity index (χ1v) is 19.0. The fourth-order valence-electron chi connectivity index (χ4n) is 7.92. The molecule has 8 heteroatoms. The topological polar surface area (TPSA) is 85.6 Å². The molecule has 0 aromatic heterocycles. The molecule has 0 saturated heterocycles. The number of nitrogens with zero attached hydrogens (tertiary/aromatic N) is 3. The molecule has 3 rings (SSSR count). The van der Waals surface area contributed by atoms with E-state index in [1.807, 2.05) is 18.2 Å². The van der Waals surface area contributed by atoms with Crippen LogP contribution in [0.3, 0.4) is 0 Å². The molecule has 0 spiro atoms. The summed E-state index contributed by atoms with van der Waals surface area (Å²) in [6.45, 7) is 17.3. The third-order valence-electron chi connectivity index (χ3n) is 11.1. The zero-order valence-corrected chi connectivity index (χ0v) is 32.1. The Morgan fingerprint density at radius 2 is 1.58 bits per heavy atom. The zero-order chi connectivity index (χ0) is 35.1. The van der Waals surface area contributed by atoms with Crippen molar-refractivity contribution in [2.75, 3.05) is 60.5 Å². The van der Waals surface area contributed by atoms with E-state index in [1.54, 1.807) is 13.2 Å². The van der Waals surface area contributed by atoms with Crippen LogP contribution in [0.5, 0.6) is 0 Å². The summed E-state index contributed by atoms with van der Waals surface area (Å²) in [5.41, 5.74) is 0.102. The number of hydrogen-bond acceptors (Lipinski definition) is 5. The first kappa shape index (κ1) is 46.0. The van der Waals surface area contributed by atoms with E-state index in [4.69, 9.17) is 10.00 Å². The number of rotatable bonds is 17. The van der Waals surface area contributed by atoms with Crippen molar-refractivity contribution >= 4 is 5.91 Å². The molecular weight excluding hydrogens is 603 g/mol. The van der Waals surface area contributed by atoms with Crippen LogP contribution >= 0.6 is 0 Å². The molecule has 278 valence electrons. The minimum absolute atomic E-state index is 0. The van der Waals surface area contributed by atoms with E-state index in [1.165, 1.54) is 69.7 Å². The first-order valence-electron chi connectivity index (χ1n) is 19.0. The van der Waals surface area contributed by atoms with Crippen LogP contribution in [0, 0.1) is 29.1 Å². The molecule has 0 radical (unpaired) electrons. The van der Waals surface area contributed by atoms with Crippen molar-refractivity contribution in [2.24, 2.45) is 17.8 Å². The number of quaternary nitrogens is 1. The summed E-state index contributed by atoms with van der Waals surface area (Å²) in [6.07, 6.45) is 14.0. The van der Waals surface area contributed by atoms with E-state index < -0.39 is 5.60 Å². The summed E-state index contributed by atoms with van der Waals surface area (Å²) in [5.74, 6) is 1.03. The summed E-state index contributed by atoms with van der Waals surface area (Å²) in [4.78, 5) is 15.7. The van der Waals surface area contributed by atoms with Gasteiger partial charge in [-0.3, -0.25) is 4.79 Å². The smallest absolute Gasteiger partial charge is 0.223 e. The van der Waals surface area contributed by atoms with Gasteiger partial charge in [0.2, 0.25) is 5.91 Å². The molecule has 2 N–H and O–H groups in total. The molecule has 1 aromatic carbocycles. The van der Waals surface area contributed by atoms with Gasteiger partial charge in [-0.15, -0.1) is 0 Å². The second kappa shape index (κ2) is 25.9. The second-order valence-electron chi connectivity index (χ2n) is 14.3. The summed E-state index contributed by atoms with van der Waals surface area (Å²) < 4.78 is 6.51. The third kappa shape index (κ3) is 16.1. The lowest BCUT2D eigenvalue weighted by molar-refractivity contribution is -0.921. The van der Waals surface area contributed by atoms with E-state index in [9.17, 15) is 9.90 Å². The number of likely N-dealkylation sites (N-methyl/N-ethyl adjacent to an activating group) is 1. The maximum atomic E-state index is 13.5. The molecule has 2 aliphatic rings. The quantitative estimate of drug-likeness (QED) is 0.181. The number of benzene rings is 1. The van der Waals surface area contributed by atoms with Gasteiger partial charge < -0.3 is 29.2 Å². The molecule has 3 unspecified atom stereocenters. The van der Waals surface area contributed by atoms with E-state index in [2.05, 4.69) is 64.1 Å². The normalized spacial score (nSPS) is 20.0. The molecule has 2 aliphatic carbocycles. The van der Waals surface area contributed by atoms with Crippen molar-refractivity contribution in [1.29, 1.82) is 5.26 Å². The highest BCUT2D eigenvalue weighted by atomic mass is 19.0. The number of unbranched alkanes of at least 4 members (excludes halogenated alkanes) is 1. The minimum Gasteiger partial charge on any atom is -1.00 e. The molecule has 4 atom stereocenters. The van der Waals surface area contributed by atoms with Gasteiger partial charge in [0, 0.05) is 39.1 Å². The minimum atomic E-state index is -0.890. The van der Waals surface area contributed by atoms with Gasteiger partial charge in [0.1, 0.15) is 0 Å². The van der Waals surface area contributed by atoms with Crippen LogP contribution in [0.1, 0.15) is 124 Å². The standard InChI is InChI=1S/C30H50N2O3.C8H20N.C2H3N.FH/c1-32(2)23-28(21-24-13-6-4-7-14-24)31-29(33)25-15-12-18-27(22-25)30(34,19-10-11-20-35-3)26-16-8-5-9-17-26;1-5-9(6-2,7-3)8-4;1-2-3;/h5,8-9,16-17,24-25,27-28,34H,4,6-7,10-15,18-23H2,1-3H3,(H,31,33);5-8H2,1-4H3;1H3;1H/q;+1;;/p-1/t25?,27?,28-,30?;;;/m0.../s1. The Hall–Kier alpha value is -2.05. The second-order valence-corrected chi connectivity index (χ2v) is 14.3. The number of nitriles is 1. The van der Waals surface area contributed by atoms with Crippen molar-refractivity contribution in [1.82, 2.24) is 10.2 Å². The number of hydrogen-bond donors (Lipinski definition) is 2. The van der Waals surface area contributed by atoms with E-state index >= 15 is 0 Å². The Labute approximate surface area is 294 Å². The van der Waals surface area contributed by atoms with E-state index in [0.717, 1.165) is 69.6 Å². The number of ether oxygens (including phenoxy) is 1. The number of aliphatic hydroxyl groups is 1. The van der Waals surface area contributed by atoms with Crippen molar-refractivity contribution in [3.63, 3.8) is 0 Å². The number of methoxy groups -OCH3 is 1. The van der Waals surface area contributed by atoms with Crippen LogP contribution in [0.2, 0.25) is 0 Å². The molecular formula is C40H73FN4O3. The molecule has 2 fully saturated rings. The monoisotopic (exact) mass is 677 g/mol. The van der Waals surface area contributed by atoms with Crippen LogP contribution in [0.15, 0.2) is 30.3 Å². The van der Waals surface area contributed by atoms with Crippen LogP contribution in [0.4, 0.5) is 0 Å². The number of halogens is 1. The Bertz CT molecular complexity index is 961. The predicted octanol–water partition coefficient (Wildman–Crippen LogP) is 4.93. The Balaban J connectivity index is 0.00000145. The number of carbonyl (C=O) groups excluding carboxylic acids is 1. The highest BCUT2D eigenvalue weighted by Gasteiger charge is 2.42. The lowest BCUT2D eigenvalue weighted by Gasteiger charge is -2.41. The molecule has 2 saturated carbocycles. The van der Waals surface area contributed by atoms with Crippen LogP contribution in [-0.2, 0) is 15.1 Å². The van der Waals surface area contributed by atoms with Gasteiger partial charge in [0.05, 0.1) is 37.8 Å². The number of amides is 1. The average Bonchev–Trinajstić information content (AvgIpc) is 3.09. The molecule has 48 heavy (non-hydrogen) atoms. The molecule has 7 nitrogen and oxygen atoms in total. The van der Waals surface area contributed by atoms with E-state index in [0.29, 0.717) is 6.42 Å². The van der Waals surface area contributed by atoms with Crippen LogP contribution < -0.4 is 10.0 Å². The van der Waals surface area contributed by atoms with Crippen molar-refractivity contribution in [2.45, 2.75) is 130 Å². The molecule has 0 heterocycles. The number of nitrogens with one attached hydrogen (secondary N) is 1. The lowest BCUT2D eigenvalue weighted by Crippen LogP contribution is -3.00. The largest absolute Gasteiger partial charge is 1.00 e. The Kier molecular flexibility index (Phi) is 24.8. The van der Waals surface area contributed by atoms with Crippen molar-refractivity contribution < 1.29 is 23.8 Å². The van der Waals surface area contributed by atoms with Crippen LogP contribution in [-0.4, -0.2) is 87.0 Å². The maximum Gasteiger partial charge on any atom is 0.223 e. The van der Waals surface area contributed by atoms with Crippen LogP contribution in [0.25, 0.3) is 0 Å². The van der Waals surface area contributed by atoms with Gasteiger partial charge in [0.25, 0.3) is 0 Å². The third-order valence-corrected chi connectivity index (χ3v) is 11.1. The van der Waals surface area contributed by atoms with Gasteiger partial charge >= 0.3 is 0 Å². The molecule has 1 aromatic rings. The summed E-state index contributed by atoms with van der Waals surface area (Å²) >= 11 is 0. The zero-order valence-electron chi connectivity index (χ0n) is 32.1. The van der Waals surface area contributed by atoms with Gasteiger partial charge in [0.15, 0.2) is 0 Å². The molecule has 1 amide bonds. The Morgan fingerprint density at radius 3 is 2.08 bits per heavy atom. The fraction of sp³-hybridized carbons (Fsp3) is 0.800. The molecule has 0 aliphatic heterocycles. The van der Waals surface area contributed by atoms with E-state index in [-0.39, 0.29) is 28.5 Å². The summed E-state index contributed by atoms with van der Waals surface area (Å²) in [5, 5.41) is 22.8. The highest BCUT2D eigenvalue weighted by molar-refractivity contribution is 5.79. The van der Waals surface area contributed by atoms with Gasteiger partial charge in [-0.25, -0.2) is 0 Å².